The van der Waals surface area contributed by atoms with E-state index in [1.54, 1.807) is 18.3 Å². The number of nitrogens with zero attached hydrogens (tertiary/aromatic N) is 1. The van der Waals surface area contributed by atoms with Gasteiger partial charge in [0, 0.05) is 46.4 Å². The first-order chi connectivity index (χ1) is 12.7. The van der Waals surface area contributed by atoms with Crippen molar-refractivity contribution in [3.63, 3.8) is 0 Å². The average Bonchev–Trinajstić information content (AvgIpc) is 2.67. The topological polar surface area (TPSA) is 42.0 Å². The lowest BCUT2D eigenvalue weighted by Gasteiger charge is -2.34. The maximum atomic E-state index is 14.8. The number of fused-ring (bicyclic) bond motifs is 3. The van der Waals surface area contributed by atoms with Gasteiger partial charge >= 0.3 is 0 Å². The van der Waals surface area contributed by atoms with Crippen molar-refractivity contribution in [3.8, 4) is 0 Å². The Morgan fingerprint density at radius 1 is 1.04 bits per heavy atom. The Hall–Kier alpha value is -3.01. The number of aromatic nitrogens is 1. The molecular weight excluding hydrogens is 327 g/mol. The Balaban J connectivity index is 1.87. The molecule has 4 heteroatoms. The lowest BCUT2D eigenvalue weighted by atomic mass is 9.74. The highest BCUT2D eigenvalue weighted by Crippen LogP contribution is 2.48. The highest BCUT2D eigenvalue weighted by Gasteiger charge is 2.37. The second-order valence-electron chi connectivity index (χ2n) is 6.85. The third kappa shape index (κ3) is 2.18. The fraction of sp³-hybridized carbons (Fsp3) is 0.182. The number of rotatable bonds is 1. The van der Waals surface area contributed by atoms with Crippen molar-refractivity contribution in [3.05, 3.63) is 82.9 Å². The van der Waals surface area contributed by atoms with Crippen LogP contribution in [0.15, 0.2) is 66.0 Å². The normalized spacial score (nSPS) is 19.1. The van der Waals surface area contributed by atoms with Crippen molar-refractivity contribution >= 4 is 22.4 Å². The van der Waals surface area contributed by atoms with Crippen molar-refractivity contribution < 1.29 is 9.18 Å². The molecule has 0 bridgehead atoms. The van der Waals surface area contributed by atoms with Gasteiger partial charge in [-0.25, -0.2) is 4.39 Å². The fourth-order valence-electron chi connectivity index (χ4n) is 4.25. The lowest BCUT2D eigenvalue weighted by molar-refractivity contribution is -0.116. The van der Waals surface area contributed by atoms with Gasteiger partial charge in [-0.2, -0.15) is 0 Å². The third-order valence-corrected chi connectivity index (χ3v) is 5.36. The summed E-state index contributed by atoms with van der Waals surface area (Å²) >= 11 is 0. The van der Waals surface area contributed by atoms with Gasteiger partial charge in [0.05, 0.1) is 5.52 Å². The number of carbonyl (C=O) groups excluding carboxylic acids is 1. The molecule has 1 atom stereocenters. The summed E-state index contributed by atoms with van der Waals surface area (Å²) in [4.78, 5) is 17.3. The number of allylic oxidation sites excluding steroid dienone is 2. The molecule has 0 spiro atoms. The summed E-state index contributed by atoms with van der Waals surface area (Å²) in [5.41, 5.74) is 4.92. The maximum absolute atomic E-state index is 14.8. The Labute approximate surface area is 150 Å². The van der Waals surface area contributed by atoms with E-state index in [2.05, 4.69) is 10.3 Å². The molecule has 2 aromatic carbocycles. The van der Waals surface area contributed by atoms with Crippen LogP contribution < -0.4 is 5.32 Å². The maximum Gasteiger partial charge on any atom is 0.161 e. The molecule has 128 valence electrons. The third-order valence-electron chi connectivity index (χ3n) is 5.36. The van der Waals surface area contributed by atoms with Gasteiger partial charge in [-0.3, -0.25) is 9.78 Å². The van der Waals surface area contributed by atoms with Gasteiger partial charge in [0.2, 0.25) is 0 Å². The molecule has 0 amide bonds. The van der Waals surface area contributed by atoms with Crippen LogP contribution in [0.2, 0.25) is 0 Å². The van der Waals surface area contributed by atoms with Crippen LogP contribution in [0.3, 0.4) is 0 Å². The molecule has 1 N–H and O–H groups in total. The predicted octanol–water partition coefficient (Wildman–Crippen LogP) is 4.94. The molecular formula is C22H17FN2O. The number of benzene rings is 2. The summed E-state index contributed by atoms with van der Waals surface area (Å²) in [6.07, 6.45) is 3.92. The second kappa shape index (κ2) is 5.77. The van der Waals surface area contributed by atoms with Crippen LogP contribution >= 0.6 is 0 Å². The van der Waals surface area contributed by atoms with Crippen molar-refractivity contribution in [2.75, 3.05) is 5.32 Å². The number of Topliss-reactive ketones (excluding diaryl/α,β-unsaturated/α-hetero) is 1. The van der Waals surface area contributed by atoms with Crippen LogP contribution in [0.25, 0.3) is 10.9 Å². The molecule has 2 heterocycles. The summed E-state index contributed by atoms with van der Waals surface area (Å²) in [6.45, 7) is 0. The van der Waals surface area contributed by atoms with Crippen molar-refractivity contribution in [1.29, 1.82) is 0 Å². The van der Waals surface area contributed by atoms with Crippen molar-refractivity contribution in [2.45, 2.75) is 25.2 Å². The molecule has 26 heavy (non-hydrogen) atoms. The molecule has 0 saturated heterocycles. The summed E-state index contributed by atoms with van der Waals surface area (Å²) in [7, 11) is 0. The smallest absolute Gasteiger partial charge is 0.161 e. The molecule has 1 aliphatic heterocycles. The number of carbonyl (C=O) groups is 1. The minimum Gasteiger partial charge on any atom is -0.358 e. The molecule has 3 aromatic rings. The molecule has 5 rings (SSSR count). The van der Waals surface area contributed by atoms with E-state index in [1.165, 1.54) is 6.07 Å². The molecule has 0 fully saturated rings. The first-order valence-corrected chi connectivity index (χ1v) is 8.89. The number of nitrogens with one attached hydrogen (secondary N) is 1. The minimum absolute atomic E-state index is 0.110. The van der Waals surface area contributed by atoms with E-state index in [1.807, 2.05) is 30.3 Å². The van der Waals surface area contributed by atoms with Crippen LogP contribution in [0.5, 0.6) is 0 Å². The minimum atomic E-state index is -0.400. The average molecular weight is 344 g/mol. The Bertz CT molecular complexity index is 1090. The molecule has 0 saturated carbocycles. The summed E-state index contributed by atoms with van der Waals surface area (Å²) in [6, 6.07) is 14.6. The zero-order chi connectivity index (χ0) is 17.7. The molecule has 0 unspecified atom stereocenters. The van der Waals surface area contributed by atoms with Crippen LogP contribution in [0, 0.1) is 5.82 Å². The van der Waals surface area contributed by atoms with Crippen molar-refractivity contribution in [2.24, 2.45) is 0 Å². The highest BCUT2D eigenvalue weighted by molar-refractivity contribution is 6.03. The number of pyridine rings is 1. The van der Waals surface area contributed by atoms with Gasteiger partial charge < -0.3 is 5.32 Å². The molecule has 1 aliphatic carbocycles. The van der Waals surface area contributed by atoms with Crippen LogP contribution in [-0.2, 0) is 4.79 Å². The van der Waals surface area contributed by atoms with E-state index in [4.69, 9.17) is 0 Å². The summed E-state index contributed by atoms with van der Waals surface area (Å²) in [5.74, 6) is -0.571. The van der Waals surface area contributed by atoms with Crippen LogP contribution in [0.4, 0.5) is 10.1 Å². The lowest BCUT2D eigenvalue weighted by Crippen LogP contribution is -2.27. The zero-order valence-electron chi connectivity index (χ0n) is 14.1. The Morgan fingerprint density at radius 3 is 2.81 bits per heavy atom. The number of hydrogen-bond acceptors (Lipinski definition) is 3. The Kier molecular flexibility index (Phi) is 3.38. The van der Waals surface area contributed by atoms with E-state index in [9.17, 15) is 9.18 Å². The summed E-state index contributed by atoms with van der Waals surface area (Å²) < 4.78 is 14.8. The van der Waals surface area contributed by atoms with Crippen LogP contribution in [0.1, 0.15) is 36.3 Å². The van der Waals surface area contributed by atoms with Gasteiger partial charge in [-0.1, -0.05) is 24.3 Å². The van der Waals surface area contributed by atoms with E-state index in [0.717, 1.165) is 40.7 Å². The monoisotopic (exact) mass is 344 g/mol. The first kappa shape index (κ1) is 15.3. The largest absolute Gasteiger partial charge is 0.358 e. The standard InChI is InChI=1S/C22H17FN2O/c23-15-7-2-1-5-13(15)21-20-14-6-4-12-24-16(14)10-11-18(20)25-17-8-3-9-19(26)22(17)21/h1-2,4-7,10-12,21,25H,3,8-9H2/t21-/m0/s1. The number of anilines is 1. The van der Waals surface area contributed by atoms with Gasteiger partial charge in [0.15, 0.2) is 5.78 Å². The van der Waals surface area contributed by atoms with Gasteiger partial charge in [0.1, 0.15) is 5.82 Å². The fourth-order valence-corrected chi connectivity index (χ4v) is 4.25. The van der Waals surface area contributed by atoms with E-state index in [-0.39, 0.29) is 11.6 Å². The molecule has 3 nitrogen and oxygen atoms in total. The van der Waals surface area contributed by atoms with E-state index >= 15 is 0 Å². The van der Waals surface area contributed by atoms with Gasteiger partial charge in [0.25, 0.3) is 0 Å². The molecule has 2 aliphatic rings. The predicted molar refractivity (Wildman–Crippen MR) is 99.5 cm³/mol. The Morgan fingerprint density at radius 2 is 1.92 bits per heavy atom. The van der Waals surface area contributed by atoms with E-state index < -0.39 is 5.92 Å². The zero-order valence-corrected chi connectivity index (χ0v) is 14.1. The number of hydrogen-bond donors (Lipinski definition) is 1. The highest BCUT2D eigenvalue weighted by atomic mass is 19.1. The van der Waals surface area contributed by atoms with E-state index in [0.29, 0.717) is 17.6 Å². The van der Waals surface area contributed by atoms with Gasteiger partial charge in [-0.05, 0) is 42.7 Å². The summed E-state index contributed by atoms with van der Waals surface area (Å²) in [5, 5.41) is 4.40. The van der Waals surface area contributed by atoms with Crippen molar-refractivity contribution in [1.82, 2.24) is 4.98 Å². The quantitative estimate of drug-likeness (QED) is 0.680. The van der Waals surface area contributed by atoms with Gasteiger partial charge in [-0.15, -0.1) is 0 Å². The molecule has 1 aromatic heterocycles. The first-order valence-electron chi connectivity index (χ1n) is 8.89. The number of ketones is 1. The SMILES string of the molecule is O=C1CCCC2=C1[C@@H](c1ccccc1F)c1c(ccc3ncccc13)N2. The molecule has 0 radical (unpaired) electrons. The number of halogens is 1. The second-order valence-corrected chi connectivity index (χ2v) is 6.85. The van der Waals surface area contributed by atoms with Crippen LogP contribution in [-0.4, -0.2) is 10.8 Å².